The number of hydrogen-bond acceptors (Lipinski definition) is 3. The Morgan fingerprint density at radius 1 is 1.35 bits per heavy atom. The quantitative estimate of drug-likeness (QED) is 0.846. The third-order valence-electron chi connectivity index (χ3n) is 3.18. The van der Waals surface area contributed by atoms with Crippen molar-refractivity contribution < 1.29 is 8.42 Å². The zero-order valence-electron chi connectivity index (χ0n) is 10.9. The first-order valence-electron chi connectivity index (χ1n) is 6.15. The maximum atomic E-state index is 12.4. The largest absolute Gasteiger partial charge is 0.305 e. The first-order chi connectivity index (χ1) is 9.29. The third-order valence-corrected chi connectivity index (χ3v) is 6.08. The van der Waals surface area contributed by atoms with Gasteiger partial charge < -0.3 is 4.90 Å². The molecule has 1 atom stereocenters. The molecule has 0 aliphatic carbocycles. The van der Waals surface area contributed by atoms with E-state index in [1.54, 1.807) is 0 Å². The molecule has 0 aromatic heterocycles. The molecule has 1 unspecified atom stereocenters. The number of piperidine rings is 1. The zero-order valence-corrected chi connectivity index (χ0v) is 14.8. The van der Waals surface area contributed by atoms with Gasteiger partial charge in [-0.3, -0.25) is 0 Å². The van der Waals surface area contributed by atoms with E-state index in [0.29, 0.717) is 11.0 Å². The first kappa shape index (κ1) is 16.5. The van der Waals surface area contributed by atoms with Crippen molar-refractivity contribution in [3.8, 4) is 0 Å². The Kier molecular flexibility index (Phi) is 5.37. The van der Waals surface area contributed by atoms with Gasteiger partial charge in [-0.15, -0.1) is 0 Å². The molecule has 1 saturated heterocycles. The Hall–Kier alpha value is 0.150. The van der Waals surface area contributed by atoms with Gasteiger partial charge in [0.2, 0.25) is 10.0 Å². The summed E-state index contributed by atoms with van der Waals surface area (Å²) in [6.45, 7) is 1.67. The van der Waals surface area contributed by atoms with E-state index in [1.807, 2.05) is 7.05 Å². The van der Waals surface area contributed by atoms with Gasteiger partial charge in [0.15, 0.2) is 0 Å². The van der Waals surface area contributed by atoms with Crippen LogP contribution in [0.1, 0.15) is 12.8 Å². The highest BCUT2D eigenvalue weighted by Gasteiger charge is 2.27. The van der Waals surface area contributed by atoms with Crippen LogP contribution in [0.2, 0.25) is 10.0 Å². The molecule has 1 aliphatic rings. The predicted octanol–water partition coefficient (Wildman–Crippen LogP) is 3.13. The van der Waals surface area contributed by atoms with E-state index < -0.39 is 10.0 Å². The van der Waals surface area contributed by atoms with Gasteiger partial charge in [0.05, 0.1) is 10.0 Å². The molecular weight excluding hydrogens is 387 g/mol. The molecule has 0 saturated carbocycles. The molecule has 0 amide bonds. The van der Waals surface area contributed by atoms with E-state index in [-0.39, 0.29) is 21.0 Å². The van der Waals surface area contributed by atoms with Gasteiger partial charge in [0.25, 0.3) is 0 Å². The van der Waals surface area contributed by atoms with Crippen LogP contribution in [0.5, 0.6) is 0 Å². The number of benzene rings is 1. The van der Waals surface area contributed by atoms with Crippen molar-refractivity contribution >= 4 is 49.2 Å². The Morgan fingerprint density at radius 2 is 1.95 bits per heavy atom. The summed E-state index contributed by atoms with van der Waals surface area (Å²) >= 11 is 15.3. The molecular formula is C12H15BrCl2N2O2S. The van der Waals surface area contributed by atoms with Gasteiger partial charge in [-0.25, -0.2) is 13.1 Å². The molecule has 1 aromatic carbocycles. The second-order valence-corrected chi connectivity index (χ2v) is 8.30. The van der Waals surface area contributed by atoms with Crippen molar-refractivity contribution in [1.29, 1.82) is 0 Å². The lowest BCUT2D eigenvalue weighted by Crippen LogP contribution is -2.46. The molecule has 1 heterocycles. The van der Waals surface area contributed by atoms with E-state index in [0.717, 1.165) is 19.4 Å². The van der Waals surface area contributed by atoms with Crippen LogP contribution in [0.25, 0.3) is 0 Å². The molecule has 1 fully saturated rings. The highest BCUT2D eigenvalue weighted by molar-refractivity contribution is 9.10. The van der Waals surface area contributed by atoms with E-state index in [1.165, 1.54) is 12.1 Å². The summed E-state index contributed by atoms with van der Waals surface area (Å²) in [5.41, 5.74) is 0. The molecule has 1 aliphatic heterocycles. The number of likely N-dealkylation sites (N-methyl/N-ethyl adjacent to an activating group) is 1. The summed E-state index contributed by atoms with van der Waals surface area (Å²) < 4.78 is 28.2. The average molecular weight is 402 g/mol. The molecule has 20 heavy (non-hydrogen) atoms. The first-order valence-corrected chi connectivity index (χ1v) is 9.18. The highest BCUT2D eigenvalue weighted by Crippen LogP contribution is 2.33. The van der Waals surface area contributed by atoms with Crippen molar-refractivity contribution in [2.45, 2.75) is 23.8 Å². The monoisotopic (exact) mass is 400 g/mol. The third kappa shape index (κ3) is 3.87. The minimum absolute atomic E-state index is 0.0581. The van der Waals surface area contributed by atoms with E-state index in [4.69, 9.17) is 23.2 Å². The predicted molar refractivity (Wildman–Crippen MR) is 85.0 cm³/mol. The van der Waals surface area contributed by atoms with Crippen LogP contribution in [0.15, 0.2) is 21.5 Å². The lowest BCUT2D eigenvalue weighted by atomic mass is 10.1. The fraction of sp³-hybridized carbons (Fsp3) is 0.500. The van der Waals surface area contributed by atoms with Gasteiger partial charge in [0.1, 0.15) is 4.90 Å². The molecule has 2 rings (SSSR count). The van der Waals surface area contributed by atoms with Crippen molar-refractivity contribution in [1.82, 2.24) is 9.62 Å². The maximum Gasteiger partial charge on any atom is 0.243 e. The summed E-state index contributed by atoms with van der Waals surface area (Å²) in [6.07, 6.45) is 1.78. The SMILES string of the molecule is CN1CCCC(NS(=O)(=O)c2c(Cl)cc(Br)cc2Cl)C1. The summed E-state index contributed by atoms with van der Waals surface area (Å²) in [5.74, 6) is 0. The summed E-state index contributed by atoms with van der Waals surface area (Å²) in [5, 5.41) is 0.224. The smallest absolute Gasteiger partial charge is 0.243 e. The number of sulfonamides is 1. The van der Waals surface area contributed by atoms with Gasteiger partial charge in [-0.05, 0) is 38.6 Å². The van der Waals surface area contributed by atoms with Crippen LogP contribution in [-0.4, -0.2) is 39.5 Å². The van der Waals surface area contributed by atoms with Gasteiger partial charge in [0, 0.05) is 17.1 Å². The Balaban J connectivity index is 2.27. The molecule has 0 spiro atoms. The summed E-state index contributed by atoms with van der Waals surface area (Å²) in [6, 6.07) is 2.93. The second-order valence-electron chi connectivity index (χ2n) is 4.92. The van der Waals surface area contributed by atoms with Gasteiger partial charge in [-0.2, -0.15) is 0 Å². The van der Waals surface area contributed by atoms with E-state index in [9.17, 15) is 8.42 Å². The number of rotatable bonds is 3. The fourth-order valence-electron chi connectivity index (χ4n) is 2.33. The molecule has 0 bridgehead atoms. The number of halogens is 3. The van der Waals surface area contributed by atoms with Crippen molar-refractivity contribution in [3.05, 3.63) is 26.7 Å². The highest BCUT2D eigenvalue weighted by atomic mass is 79.9. The van der Waals surface area contributed by atoms with Crippen molar-refractivity contribution in [2.24, 2.45) is 0 Å². The molecule has 8 heteroatoms. The standard InChI is InChI=1S/C12H15BrCl2N2O2S/c1-17-4-2-3-9(7-17)16-20(18,19)12-10(14)5-8(13)6-11(12)15/h5-6,9,16H,2-4,7H2,1H3. The van der Waals surface area contributed by atoms with Crippen molar-refractivity contribution in [2.75, 3.05) is 20.1 Å². The van der Waals surface area contributed by atoms with Crippen LogP contribution in [0.3, 0.4) is 0 Å². The summed E-state index contributed by atoms with van der Waals surface area (Å²) in [4.78, 5) is 2.04. The van der Waals surface area contributed by atoms with Crippen LogP contribution in [-0.2, 0) is 10.0 Å². The second kappa shape index (κ2) is 6.50. The van der Waals surface area contributed by atoms with Crippen molar-refractivity contribution in [3.63, 3.8) is 0 Å². The van der Waals surface area contributed by atoms with Crippen LogP contribution in [0, 0.1) is 0 Å². The normalized spacial score (nSPS) is 21.1. The Morgan fingerprint density at radius 3 is 2.50 bits per heavy atom. The molecule has 1 N–H and O–H groups in total. The molecule has 1 aromatic rings. The van der Waals surface area contributed by atoms with Gasteiger partial charge >= 0.3 is 0 Å². The van der Waals surface area contributed by atoms with Gasteiger partial charge in [-0.1, -0.05) is 39.1 Å². The lowest BCUT2D eigenvalue weighted by molar-refractivity contribution is 0.242. The molecule has 112 valence electrons. The average Bonchev–Trinajstić information content (AvgIpc) is 2.25. The zero-order chi connectivity index (χ0) is 14.9. The van der Waals surface area contributed by atoms with E-state index in [2.05, 4.69) is 25.6 Å². The molecule has 4 nitrogen and oxygen atoms in total. The molecule has 0 radical (unpaired) electrons. The minimum atomic E-state index is -3.72. The fourth-order valence-corrected chi connectivity index (χ4v) is 5.52. The number of hydrogen-bond donors (Lipinski definition) is 1. The number of nitrogens with one attached hydrogen (secondary N) is 1. The maximum absolute atomic E-state index is 12.4. The number of likely N-dealkylation sites (tertiary alicyclic amines) is 1. The van der Waals surface area contributed by atoms with Crippen LogP contribution in [0.4, 0.5) is 0 Å². The van der Waals surface area contributed by atoms with Crippen LogP contribution < -0.4 is 4.72 Å². The lowest BCUT2D eigenvalue weighted by Gasteiger charge is -2.30. The van der Waals surface area contributed by atoms with Crippen LogP contribution >= 0.6 is 39.1 Å². The Labute approximate surface area is 137 Å². The van der Waals surface area contributed by atoms with E-state index >= 15 is 0 Å². The Bertz CT molecular complexity index is 586. The minimum Gasteiger partial charge on any atom is -0.305 e. The topological polar surface area (TPSA) is 49.4 Å². The number of nitrogens with zero attached hydrogens (tertiary/aromatic N) is 1. The summed E-state index contributed by atoms with van der Waals surface area (Å²) in [7, 11) is -1.75.